The molecule has 1 aliphatic heterocycles. The highest BCUT2D eigenvalue weighted by molar-refractivity contribution is 9.10. The maximum absolute atomic E-state index is 13.2. The van der Waals surface area contributed by atoms with E-state index in [-0.39, 0.29) is 28.8 Å². The Hall–Kier alpha value is -3.06. The third-order valence-corrected chi connectivity index (χ3v) is 6.12. The first-order valence-electron chi connectivity index (χ1n) is 10.7. The number of benzene rings is 2. The molecule has 166 valence electrons. The van der Waals surface area contributed by atoms with Gasteiger partial charge in [0, 0.05) is 13.2 Å². The number of nitrogens with zero attached hydrogens (tertiary/aromatic N) is 3. The number of pyridine rings is 1. The topological polar surface area (TPSA) is 54.8 Å². The van der Waals surface area contributed by atoms with Gasteiger partial charge in [-0.05, 0) is 33.5 Å². The third kappa shape index (κ3) is 4.17. The van der Waals surface area contributed by atoms with Gasteiger partial charge in [0.05, 0.1) is 17.1 Å². The van der Waals surface area contributed by atoms with Crippen molar-refractivity contribution in [2.75, 3.05) is 25.3 Å². The molecule has 0 saturated heterocycles. The lowest BCUT2D eigenvalue weighted by Crippen LogP contribution is -2.54. The van der Waals surface area contributed by atoms with E-state index < -0.39 is 0 Å². The van der Waals surface area contributed by atoms with E-state index in [2.05, 4.69) is 52.1 Å². The van der Waals surface area contributed by atoms with Gasteiger partial charge in [0.25, 0.3) is 5.91 Å². The van der Waals surface area contributed by atoms with E-state index in [1.165, 1.54) is 0 Å². The fourth-order valence-electron chi connectivity index (χ4n) is 3.94. The molecular formula is C25H26BrN3O3. The molecule has 4 rings (SSSR count). The lowest BCUT2D eigenvalue weighted by molar-refractivity contribution is 0.0724. The Bertz CT molecular complexity index is 1110. The maximum Gasteiger partial charge on any atom is 0.277 e. The Morgan fingerprint density at radius 2 is 1.59 bits per heavy atom. The molecule has 0 bridgehead atoms. The summed E-state index contributed by atoms with van der Waals surface area (Å²) in [5.74, 6) is -0.147. The molecule has 0 aliphatic carbocycles. The molecule has 0 atom stereocenters. The second-order valence-electron chi connectivity index (χ2n) is 7.84. The number of ether oxygens (including phenoxy) is 1. The molecule has 1 amide bonds. The summed E-state index contributed by atoms with van der Waals surface area (Å²) in [6.07, 6.45) is 3.41. The molecule has 1 aliphatic rings. The molecule has 6 nitrogen and oxygen atoms in total. The van der Waals surface area contributed by atoms with E-state index in [1.807, 2.05) is 36.4 Å². The Morgan fingerprint density at radius 1 is 1.00 bits per heavy atom. The van der Waals surface area contributed by atoms with Gasteiger partial charge < -0.3 is 9.64 Å². The summed E-state index contributed by atoms with van der Waals surface area (Å²) in [7, 11) is 1.74. The summed E-state index contributed by atoms with van der Waals surface area (Å²) in [4.78, 5) is 27.8. The second-order valence-corrected chi connectivity index (χ2v) is 8.69. The van der Waals surface area contributed by atoms with E-state index >= 15 is 0 Å². The number of unbranched alkanes of at least 4 members (excludes halogenated alkanes) is 1. The SMILES string of the molecule is CCCCOc1c2n(cc(Br)c1=O)N(C(c1ccccc1)c1ccccc1)CN(C)C2=O. The molecule has 1 aromatic heterocycles. The molecule has 0 spiro atoms. The molecule has 0 radical (unpaired) electrons. The average Bonchev–Trinajstić information content (AvgIpc) is 2.81. The summed E-state index contributed by atoms with van der Waals surface area (Å²) < 4.78 is 8.01. The van der Waals surface area contributed by atoms with Crippen molar-refractivity contribution in [3.05, 3.63) is 98.4 Å². The zero-order chi connectivity index (χ0) is 22.7. The molecule has 0 unspecified atom stereocenters. The minimum Gasteiger partial charge on any atom is -0.487 e. The van der Waals surface area contributed by atoms with Crippen molar-refractivity contribution >= 4 is 21.8 Å². The van der Waals surface area contributed by atoms with Crippen LogP contribution in [0, 0.1) is 0 Å². The zero-order valence-electron chi connectivity index (χ0n) is 18.2. The van der Waals surface area contributed by atoms with Crippen molar-refractivity contribution in [3.63, 3.8) is 0 Å². The van der Waals surface area contributed by atoms with Crippen LogP contribution in [0.25, 0.3) is 0 Å². The van der Waals surface area contributed by atoms with Crippen LogP contribution in [0.5, 0.6) is 5.75 Å². The summed E-state index contributed by atoms with van der Waals surface area (Å²) in [6, 6.07) is 20.1. The van der Waals surface area contributed by atoms with Gasteiger partial charge in [0.2, 0.25) is 5.43 Å². The monoisotopic (exact) mass is 495 g/mol. The summed E-state index contributed by atoms with van der Waals surface area (Å²) in [5.41, 5.74) is 2.10. The Labute approximate surface area is 196 Å². The first-order chi connectivity index (χ1) is 15.5. The predicted molar refractivity (Wildman–Crippen MR) is 129 cm³/mol. The van der Waals surface area contributed by atoms with Crippen molar-refractivity contribution in [1.82, 2.24) is 9.58 Å². The summed E-state index contributed by atoms with van der Waals surface area (Å²) in [6.45, 7) is 2.79. The van der Waals surface area contributed by atoms with E-state index in [1.54, 1.807) is 22.8 Å². The van der Waals surface area contributed by atoms with Gasteiger partial charge in [-0.15, -0.1) is 0 Å². The van der Waals surface area contributed by atoms with Crippen LogP contribution >= 0.6 is 15.9 Å². The number of aromatic nitrogens is 1. The van der Waals surface area contributed by atoms with Crippen molar-refractivity contribution < 1.29 is 9.53 Å². The molecular weight excluding hydrogens is 470 g/mol. The van der Waals surface area contributed by atoms with Gasteiger partial charge >= 0.3 is 0 Å². The van der Waals surface area contributed by atoms with Crippen molar-refractivity contribution in [3.8, 4) is 5.75 Å². The van der Waals surface area contributed by atoms with E-state index in [0.717, 1.165) is 24.0 Å². The fraction of sp³-hybridized carbons (Fsp3) is 0.280. The van der Waals surface area contributed by atoms with Crippen molar-refractivity contribution in [1.29, 1.82) is 0 Å². The largest absolute Gasteiger partial charge is 0.487 e. The fourth-order valence-corrected chi connectivity index (χ4v) is 4.32. The van der Waals surface area contributed by atoms with Crippen LogP contribution < -0.4 is 15.2 Å². The standard InChI is InChI=1S/C25H26BrN3O3/c1-3-4-15-32-24-22-25(31)27(2)17-29(28(22)16-20(26)23(24)30)21(18-11-7-5-8-12-18)19-13-9-6-10-14-19/h5-14,16,21H,3-4,15,17H2,1-2H3. The smallest absolute Gasteiger partial charge is 0.277 e. The van der Waals surface area contributed by atoms with Gasteiger partial charge in [0.1, 0.15) is 6.67 Å². The van der Waals surface area contributed by atoms with Crippen LogP contribution in [-0.4, -0.2) is 35.8 Å². The number of fused-ring (bicyclic) bond motifs is 1. The number of hydrogen-bond donors (Lipinski definition) is 0. The normalized spacial score (nSPS) is 13.4. The highest BCUT2D eigenvalue weighted by Crippen LogP contribution is 2.32. The van der Waals surface area contributed by atoms with Crippen LogP contribution in [0.15, 0.2) is 76.1 Å². The molecule has 0 N–H and O–H groups in total. The van der Waals surface area contributed by atoms with Crippen molar-refractivity contribution in [2.45, 2.75) is 25.8 Å². The Morgan fingerprint density at radius 3 is 2.16 bits per heavy atom. The third-order valence-electron chi connectivity index (χ3n) is 5.56. The number of carbonyl (C=O) groups excluding carboxylic acids is 1. The van der Waals surface area contributed by atoms with E-state index in [0.29, 0.717) is 17.7 Å². The van der Waals surface area contributed by atoms with Gasteiger partial charge in [-0.3, -0.25) is 19.3 Å². The lowest BCUT2D eigenvalue weighted by Gasteiger charge is -2.43. The molecule has 0 fully saturated rings. The van der Waals surface area contributed by atoms with Gasteiger partial charge in [-0.25, -0.2) is 0 Å². The van der Waals surface area contributed by atoms with Crippen LogP contribution in [0.3, 0.4) is 0 Å². The number of hydrogen-bond acceptors (Lipinski definition) is 4. The molecule has 2 aromatic carbocycles. The van der Waals surface area contributed by atoms with Crippen LogP contribution in [-0.2, 0) is 0 Å². The van der Waals surface area contributed by atoms with Crippen molar-refractivity contribution in [2.24, 2.45) is 0 Å². The Balaban J connectivity index is 1.92. The van der Waals surface area contributed by atoms with E-state index in [9.17, 15) is 9.59 Å². The highest BCUT2D eigenvalue weighted by atomic mass is 79.9. The number of amides is 1. The Kier molecular flexibility index (Phi) is 6.65. The summed E-state index contributed by atoms with van der Waals surface area (Å²) in [5, 5.41) is 2.08. The second kappa shape index (κ2) is 9.61. The molecule has 7 heteroatoms. The summed E-state index contributed by atoms with van der Waals surface area (Å²) >= 11 is 3.39. The minimum absolute atomic E-state index is 0.0919. The first-order valence-corrected chi connectivity index (χ1v) is 11.5. The minimum atomic E-state index is -0.313. The molecule has 3 aromatic rings. The van der Waals surface area contributed by atoms with Crippen LogP contribution in [0.4, 0.5) is 0 Å². The van der Waals surface area contributed by atoms with Crippen LogP contribution in [0.1, 0.15) is 47.4 Å². The molecule has 32 heavy (non-hydrogen) atoms. The zero-order valence-corrected chi connectivity index (χ0v) is 19.8. The lowest BCUT2D eigenvalue weighted by atomic mass is 9.98. The number of carbonyl (C=O) groups is 1. The van der Waals surface area contributed by atoms with Gasteiger partial charge in [-0.1, -0.05) is 74.0 Å². The molecule has 2 heterocycles. The predicted octanol–water partition coefficient (Wildman–Crippen LogP) is 4.56. The quantitative estimate of drug-likeness (QED) is 0.450. The highest BCUT2D eigenvalue weighted by Gasteiger charge is 2.36. The average molecular weight is 496 g/mol. The first kappa shape index (κ1) is 22.1. The van der Waals surface area contributed by atoms with Crippen LogP contribution in [0.2, 0.25) is 0 Å². The van der Waals surface area contributed by atoms with Gasteiger partial charge in [0.15, 0.2) is 11.4 Å². The van der Waals surface area contributed by atoms with Gasteiger partial charge in [-0.2, -0.15) is 0 Å². The molecule has 0 saturated carbocycles. The number of rotatable bonds is 7. The van der Waals surface area contributed by atoms with E-state index in [4.69, 9.17) is 4.74 Å². The number of halogens is 1. The maximum atomic E-state index is 13.2.